The van der Waals surface area contributed by atoms with Gasteiger partial charge in [0, 0.05) is 16.6 Å². The van der Waals surface area contributed by atoms with E-state index in [-0.39, 0.29) is 6.04 Å². The highest BCUT2D eigenvalue weighted by molar-refractivity contribution is 5.87. The summed E-state index contributed by atoms with van der Waals surface area (Å²) < 4.78 is 6.03. The van der Waals surface area contributed by atoms with Crippen LogP contribution >= 0.6 is 0 Å². The van der Waals surface area contributed by atoms with Gasteiger partial charge in [-0.15, -0.1) is 0 Å². The van der Waals surface area contributed by atoms with Gasteiger partial charge < -0.3 is 9.73 Å². The Morgan fingerprint density at radius 3 is 2.79 bits per heavy atom. The first-order chi connectivity index (χ1) is 9.11. The molecule has 0 fully saturated rings. The molecule has 2 atom stereocenters. The Labute approximate surface area is 113 Å². The van der Waals surface area contributed by atoms with Crippen molar-refractivity contribution in [2.24, 2.45) is 5.92 Å². The van der Waals surface area contributed by atoms with E-state index in [2.05, 4.69) is 55.4 Å². The van der Waals surface area contributed by atoms with Crippen LogP contribution in [0.5, 0.6) is 0 Å². The van der Waals surface area contributed by atoms with E-state index in [1.807, 2.05) is 7.05 Å². The van der Waals surface area contributed by atoms with Gasteiger partial charge in [0.05, 0.1) is 6.04 Å². The van der Waals surface area contributed by atoms with Gasteiger partial charge in [0.1, 0.15) is 5.76 Å². The highest BCUT2D eigenvalue weighted by Gasteiger charge is 2.27. The summed E-state index contributed by atoms with van der Waals surface area (Å²) in [6.07, 6.45) is 4.39. The highest BCUT2D eigenvalue weighted by atomic mass is 16.3. The molecule has 2 aromatic heterocycles. The molecule has 3 nitrogen and oxygen atoms in total. The Kier molecular flexibility index (Phi) is 2.94. The molecule has 0 aliphatic heterocycles. The van der Waals surface area contributed by atoms with Crippen LogP contribution in [0.25, 0.3) is 17.2 Å². The fourth-order valence-corrected chi connectivity index (χ4v) is 2.75. The van der Waals surface area contributed by atoms with Crippen molar-refractivity contribution in [3.63, 3.8) is 0 Å². The van der Waals surface area contributed by atoms with E-state index < -0.39 is 0 Å². The van der Waals surface area contributed by atoms with Gasteiger partial charge in [-0.1, -0.05) is 32.9 Å². The maximum absolute atomic E-state index is 6.03. The topological polar surface area (TPSA) is 38.1 Å². The number of furan rings is 1. The smallest absolute Gasteiger partial charge is 0.227 e. The van der Waals surface area contributed by atoms with Crippen LogP contribution in [-0.4, -0.2) is 12.0 Å². The van der Waals surface area contributed by atoms with Crippen LogP contribution in [-0.2, 0) is 0 Å². The molecule has 100 valence electrons. The van der Waals surface area contributed by atoms with Crippen molar-refractivity contribution >= 4 is 17.2 Å². The Balaban J connectivity index is 2.20. The van der Waals surface area contributed by atoms with Crippen LogP contribution in [0.4, 0.5) is 0 Å². The van der Waals surface area contributed by atoms with Crippen molar-refractivity contribution in [1.82, 2.24) is 10.3 Å². The molecule has 0 saturated heterocycles. The Morgan fingerprint density at radius 1 is 1.32 bits per heavy atom. The normalized spacial score (nSPS) is 22.2. The molecule has 0 amide bonds. The minimum atomic E-state index is 0.233. The quantitative estimate of drug-likeness (QED) is 0.886. The number of hydrogen-bond acceptors (Lipinski definition) is 3. The van der Waals surface area contributed by atoms with E-state index in [1.54, 1.807) is 0 Å². The average molecular weight is 256 g/mol. The van der Waals surface area contributed by atoms with Crippen LogP contribution in [0, 0.1) is 5.92 Å². The van der Waals surface area contributed by atoms with E-state index in [0.717, 1.165) is 22.6 Å². The molecule has 19 heavy (non-hydrogen) atoms. The molecule has 3 rings (SSSR count). The first-order valence-corrected chi connectivity index (χ1v) is 6.90. The summed E-state index contributed by atoms with van der Waals surface area (Å²) in [4.78, 5) is 4.65. The summed E-state index contributed by atoms with van der Waals surface area (Å²) in [5, 5.41) is 4.45. The zero-order chi connectivity index (χ0) is 13.6. The number of aromatic nitrogens is 1. The van der Waals surface area contributed by atoms with Gasteiger partial charge in [0.15, 0.2) is 0 Å². The van der Waals surface area contributed by atoms with Crippen LogP contribution in [0.15, 0.2) is 22.6 Å². The summed E-state index contributed by atoms with van der Waals surface area (Å²) in [6.45, 7) is 6.49. The third-order valence-electron chi connectivity index (χ3n) is 3.92. The van der Waals surface area contributed by atoms with Crippen molar-refractivity contribution < 1.29 is 4.42 Å². The summed E-state index contributed by atoms with van der Waals surface area (Å²) in [5.74, 6) is 1.87. The number of rotatable bonds is 2. The Morgan fingerprint density at radius 2 is 2.11 bits per heavy atom. The van der Waals surface area contributed by atoms with E-state index in [0.29, 0.717) is 11.8 Å². The van der Waals surface area contributed by atoms with Gasteiger partial charge in [-0.25, -0.2) is 4.98 Å². The molecular formula is C16H20N2O. The van der Waals surface area contributed by atoms with E-state index in [4.69, 9.17) is 4.42 Å². The summed E-state index contributed by atoms with van der Waals surface area (Å²) >= 11 is 0. The Hall–Kier alpha value is -1.61. The number of nitrogens with zero attached hydrogens (tertiary/aromatic N) is 1. The van der Waals surface area contributed by atoms with Crippen molar-refractivity contribution in [1.29, 1.82) is 0 Å². The molecule has 1 aliphatic rings. The maximum atomic E-state index is 6.03. The molecule has 1 N–H and O–H groups in total. The van der Waals surface area contributed by atoms with Gasteiger partial charge in [-0.05, 0) is 31.0 Å². The molecule has 0 saturated carbocycles. The minimum absolute atomic E-state index is 0.233. The standard InChI is InChI=1S/C16H20N2O/c1-9(2)13-8-7-12-11-6-5-10(3)14(17-4)15(11)19-16(12)18-13/h5-10,14,17H,1-4H3/t10?,14-/m0/s1. The molecule has 1 unspecified atom stereocenters. The van der Waals surface area contributed by atoms with Crippen molar-refractivity contribution in [2.45, 2.75) is 32.7 Å². The number of hydrogen-bond donors (Lipinski definition) is 1. The SMILES string of the molecule is CN[C@@H]1c2oc3nc(C(C)C)ccc3c2C=CC1C. The molecular weight excluding hydrogens is 236 g/mol. The van der Waals surface area contributed by atoms with Crippen molar-refractivity contribution in [3.05, 3.63) is 35.2 Å². The van der Waals surface area contributed by atoms with Crippen LogP contribution < -0.4 is 5.32 Å². The van der Waals surface area contributed by atoms with E-state index >= 15 is 0 Å². The summed E-state index contributed by atoms with van der Waals surface area (Å²) in [5.41, 5.74) is 3.02. The first kappa shape index (κ1) is 12.4. The second-order valence-electron chi connectivity index (χ2n) is 5.61. The largest absolute Gasteiger partial charge is 0.440 e. The molecule has 2 aromatic rings. The third-order valence-corrected chi connectivity index (χ3v) is 3.92. The second-order valence-corrected chi connectivity index (χ2v) is 5.61. The highest BCUT2D eigenvalue weighted by Crippen LogP contribution is 2.38. The summed E-state index contributed by atoms with van der Waals surface area (Å²) in [6, 6.07) is 4.47. The lowest BCUT2D eigenvalue weighted by atomic mass is 9.90. The van der Waals surface area contributed by atoms with Crippen LogP contribution in [0.1, 0.15) is 49.7 Å². The van der Waals surface area contributed by atoms with Gasteiger partial charge in [0.2, 0.25) is 5.71 Å². The minimum Gasteiger partial charge on any atom is -0.440 e. The predicted molar refractivity (Wildman–Crippen MR) is 78.1 cm³/mol. The zero-order valence-electron chi connectivity index (χ0n) is 11.9. The summed E-state index contributed by atoms with van der Waals surface area (Å²) in [7, 11) is 1.98. The second kappa shape index (κ2) is 4.49. The Bertz CT molecular complexity index is 639. The molecule has 0 bridgehead atoms. The van der Waals surface area contributed by atoms with Gasteiger partial charge >= 0.3 is 0 Å². The molecule has 2 heterocycles. The molecule has 1 aliphatic carbocycles. The van der Waals surface area contributed by atoms with Gasteiger partial charge in [0.25, 0.3) is 0 Å². The van der Waals surface area contributed by atoms with Gasteiger partial charge in [-0.3, -0.25) is 0 Å². The fraction of sp³-hybridized carbons (Fsp3) is 0.438. The molecule has 3 heteroatoms. The fourth-order valence-electron chi connectivity index (χ4n) is 2.75. The van der Waals surface area contributed by atoms with Crippen molar-refractivity contribution in [2.75, 3.05) is 7.05 Å². The lowest BCUT2D eigenvalue weighted by Crippen LogP contribution is -2.24. The monoisotopic (exact) mass is 256 g/mol. The number of pyridine rings is 1. The van der Waals surface area contributed by atoms with Crippen molar-refractivity contribution in [3.8, 4) is 0 Å². The average Bonchev–Trinajstić information content (AvgIpc) is 2.75. The maximum Gasteiger partial charge on any atom is 0.227 e. The van der Waals surface area contributed by atoms with Gasteiger partial charge in [-0.2, -0.15) is 0 Å². The molecule has 0 aromatic carbocycles. The van der Waals surface area contributed by atoms with E-state index in [1.165, 1.54) is 5.56 Å². The lowest BCUT2D eigenvalue weighted by molar-refractivity contribution is 0.387. The lowest BCUT2D eigenvalue weighted by Gasteiger charge is -2.22. The van der Waals surface area contributed by atoms with Crippen LogP contribution in [0.2, 0.25) is 0 Å². The van der Waals surface area contributed by atoms with E-state index in [9.17, 15) is 0 Å². The van der Waals surface area contributed by atoms with Crippen LogP contribution in [0.3, 0.4) is 0 Å². The molecule has 0 radical (unpaired) electrons. The predicted octanol–water partition coefficient (Wildman–Crippen LogP) is 3.87. The first-order valence-electron chi connectivity index (χ1n) is 6.90. The molecule has 0 spiro atoms. The third kappa shape index (κ3) is 1.89. The number of fused-ring (bicyclic) bond motifs is 3. The number of nitrogens with one attached hydrogen (secondary N) is 1. The zero-order valence-corrected chi connectivity index (χ0v) is 11.9.